The maximum Gasteiger partial charge on any atom is 0.416 e. The lowest BCUT2D eigenvalue weighted by Crippen LogP contribution is -3.08. The van der Waals surface area contributed by atoms with Crippen LogP contribution in [0.5, 0.6) is 0 Å². The van der Waals surface area contributed by atoms with Crippen molar-refractivity contribution in [2.24, 2.45) is 0 Å². The van der Waals surface area contributed by atoms with Gasteiger partial charge in [0.2, 0.25) is 0 Å². The highest BCUT2D eigenvalue weighted by atomic mass is 19.4. The number of hydrogen-bond donors (Lipinski definition) is 2. The Labute approximate surface area is 149 Å². The van der Waals surface area contributed by atoms with Crippen LogP contribution in [-0.4, -0.2) is 23.1 Å². The van der Waals surface area contributed by atoms with Crippen LogP contribution in [0.2, 0.25) is 0 Å². The van der Waals surface area contributed by atoms with Crippen molar-refractivity contribution in [2.45, 2.75) is 31.7 Å². The van der Waals surface area contributed by atoms with Gasteiger partial charge in [-0.05, 0) is 18.2 Å². The Kier molecular flexibility index (Phi) is 5.02. The highest BCUT2D eigenvalue weighted by Crippen LogP contribution is 2.37. The molecule has 2 N–H and O–H groups in total. The van der Waals surface area contributed by atoms with E-state index in [9.17, 15) is 31.1 Å². The summed E-state index contributed by atoms with van der Waals surface area (Å²) < 4.78 is 78.1. The Balaban J connectivity index is 2.06. The predicted molar refractivity (Wildman–Crippen MR) is 83.9 cm³/mol. The van der Waals surface area contributed by atoms with Gasteiger partial charge in [0.25, 0.3) is 5.56 Å². The molecule has 0 spiro atoms. The second kappa shape index (κ2) is 6.99. The van der Waals surface area contributed by atoms with Crippen LogP contribution in [0.4, 0.5) is 26.3 Å². The molecule has 0 saturated carbocycles. The Morgan fingerprint density at radius 2 is 1.48 bits per heavy atom. The van der Waals surface area contributed by atoms with Crippen LogP contribution >= 0.6 is 0 Å². The van der Waals surface area contributed by atoms with Gasteiger partial charge in [-0.2, -0.15) is 26.3 Å². The molecule has 2 heterocycles. The van der Waals surface area contributed by atoms with Gasteiger partial charge in [-0.15, -0.1) is 0 Å². The van der Waals surface area contributed by atoms with Crippen molar-refractivity contribution >= 4 is 0 Å². The molecule has 146 valence electrons. The van der Waals surface area contributed by atoms with Gasteiger partial charge < -0.3 is 9.88 Å². The molecule has 3 rings (SSSR count). The fraction of sp³-hybridized carbons (Fsp3) is 0.412. The molecule has 1 fully saturated rings. The van der Waals surface area contributed by atoms with Crippen molar-refractivity contribution in [1.82, 2.24) is 9.97 Å². The average molecular weight is 392 g/mol. The van der Waals surface area contributed by atoms with Gasteiger partial charge in [0.05, 0.1) is 24.2 Å². The second-order valence-corrected chi connectivity index (χ2v) is 6.51. The Morgan fingerprint density at radius 1 is 0.926 bits per heavy atom. The lowest BCUT2D eigenvalue weighted by molar-refractivity contribution is -0.901. The summed E-state index contributed by atoms with van der Waals surface area (Å²) in [7, 11) is 0. The Hall–Kier alpha value is -2.36. The minimum absolute atomic E-state index is 0.0415. The van der Waals surface area contributed by atoms with E-state index in [2.05, 4.69) is 9.97 Å². The van der Waals surface area contributed by atoms with Crippen LogP contribution in [0.15, 0.2) is 29.1 Å². The van der Waals surface area contributed by atoms with Gasteiger partial charge >= 0.3 is 12.4 Å². The van der Waals surface area contributed by atoms with E-state index in [1.54, 1.807) is 0 Å². The van der Waals surface area contributed by atoms with Crippen LogP contribution in [-0.2, 0) is 18.9 Å². The molecule has 27 heavy (non-hydrogen) atoms. The molecular formula is C17H16F6N3O+. The zero-order chi connectivity index (χ0) is 19.8. The monoisotopic (exact) mass is 392 g/mol. The second-order valence-electron chi connectivity index (χ2n) is 6.51. The zero-order valence-electron chi connectivity index (χ0n) is 14.0. The topological polar surface area (TPSA) is 50.2 Å². The van der Waals surface area contributed by atoms with E-state index in [0.717, 1.165) is 25.9 Å². The van der Waals surface area contributed by atoms with Crippen molar-refractivity contribution in [1.29, 1.82) is 0 Å². The Morgan fingerprint density at radius 3 is 2.00 bits per heavy atom. The molecule has 1 saturated heterocycles. The molecule has 1 aromatic heterocycles. The predicted octanol–water partition coefficient (Wildman–Crippen LogP) is 2.65. The zero-order valence-corrected chi connectivity index (χ0v) is 14.0. The first-order valence-electron chi connectivity index (χ1n) is 8.26. The number of halogens is 6. The number of rotatable bonds is 3. The van der Waals surface area contributed by atoms with Crippen LogP contribution in [0.1, 0.15) is 29.7 Å². The number of benzene rings is 1. The van der Waals surface area contributed by atoms with Crippen LogP contribution in [0, 0.1) is 0 Å². The van der Waals surface area contributed by atoms with Gasteiger partial charge in [0.15, 0.2) is 0 Å². The van der Waals surface area contributed by atoms with E-state index in [1.807, 2.05) is 0 Å². The molecular weight excluding hydrogens is 376 g/mol. The minimum atomic E-state index is -4.96. The number of aromatic nitrogens is 2. The van der Waals surface area contributed by atoms with E-state index in [4.69, 9.17) is 0 Å². The maximum atomic E-state index is 13.0. The van der Waals surface area contributed by atoms with Gasteiger partial charge in [-0.1, -0.05) is 0 Å². The van der Waals surface area contributed by atoms with E-state index in [0.29, 0.717) is 24.4 Å². The highest BCUT2D eigenvalue weighted by molar-refractivity contribution is 5.58. The molecule has 1 aliphatic heterocycles. The fourth-order valence-corrected chi connectivity index (χ4v) is 3.13. The number of quaternary nitrogens is 1. The Bertz CT molecular complexity index is 849. The van der Waals surface area contributed by atoms with Gasteiger partial charge in [-0.25, -0.2) is 4.98 Å². The quantitative estimate of drug-likeness (QED) is 0.790. The SMILES string of the molecule is O=c1cc(C[NH+]2CCCC2)nc(-c2cc(C(F)(F)F)cc(C(F)(F)F)c2)[nH]1. The summed E-state index contributed by atoms with van der Waals surface area (Å²) in [6.07, 6.45) is -7.89. The molecule has 0 atom stereocenters. The molecule has 0 bridgehead atoms. The molecule has 10 heteroatoms. The number of H-pyrrole nitrogens is 1. The summed E-state index contributed by atoms with van der Waals surface area (Å²) in [5.74, 6) is -0.312. The number of aromatic amines is 1. The third-order valence-electron chi connectivity index (χ3n) is 4.40. The molecule has 4 nitrogen and oxygen atoms in total. The molecule has 1 aliphatic rings. The van der Waals surface area contributed by atoms with Crippen LogP contribution in [0.25, 0.3) is 11.4 Å². The van der Waals surface area contributed by atoms with Crippen molar-refractivity contribution < 1.29 is 31.2 Å². The normalized spacial score (nSPS) is 16.1. The number of nitrogens with zero attached hydrogens (tertiary/aromatic N) is 1. The van der Waals surface area contributed by atoms with Crippen molar-refractivity contribution in [3.8, 4) is 11.4 Å². The van der Waals surface area contributed by atoms with E-state index >= 15 is 0 Å². The standard InChI is InChI=1S/C17H15F6N3O/c18-16(19,20)11-5-10(6-12(7-11)17(21,22)23)15-24-13(8-14(27)25-15)9-26-3-1-2-4-26/h5-8H,1-4,9H2,(H,24,25,27)/p+1. The smallest absolute Gasteiger partial charge is 0.330 e. The largest absolute Gasteiger partial charge is 0.416 e. The third-order valence-corrected chi connectivity index (χ3v) is 4.40. The summed E-state index contributed by atoms with van der Waals surface area (Å²) in [5.41, 5.74) is -3.64. The molecule has 2 aromatic rings. The van der Waals surface area contributed by atoms with Gasteiger partial charge in [0, 0.05) is 24.5 Å². The van der Waals surface area contributed by atoms with Crippen LogP contribution < -0.4 is 10.5 Å². The molecule has 0 amide bonds. The minimum Gasteiger partial charge on any atom is -0.330 e. The highest BCUT2D eigenvalue weighted by Gasteiger charge is 2.37. The maximum absolute atomic E-state index is 13.0. The van der Waals surface area contributed by atoms with Crippen LogP contribution in [0.3, 0.4) is 0 Å². The van der Waals surface area contributed by atoms with E-state index < -0.39 is 34.6 Å². The number of nitrogens with one attached hydrogen (secondary N) is 2. The number of likely N-dealkylation sites (tertiary alicyclic amines) is 1. The van der Waals surface area contributed by atoms with Crippen molar-refractivity contribution in [3.63, 3.8) is 0 Å². The van der Waals surface area contributed by atoms with Crippen molar-refractivity contribution in [3.05, 3.63) is 51.4 Å². The van der Waals surface area contributed by atoms with Gasteiger partial charge in [-0.3, -0.25) is 4.79 Å². The summed E-state index contributed by atoms with van der Waals surface area (Å²) in [5, 5.41) is 0. The number of hydrogen-bond acceptors (Lipinski definition) is 2. The number of alkyl halides is 6. The molecule has 0 unspecified atom stereocenters. The summed E-state index contributed by atoms with van der Waals surface area (Å²) in [6.45, 7) is 2.15. The molecule has 0 radical (unpaired) electrons. The summed E-state index contributed by atoms with van der Waals surface area (Å²) in [4.78, 5) is 19.4. The molecule has 0 aliphatic carbocycles. The fourth-order valence-electron chi connectivity index (χ4n) is 3.13. The third kappa shape index (κ3) is 4.68. The lowest BCUT2D eigenvalue weighted by Gasteiger charge is -2.15. The van der Waals surface area contributed by atoms with Gasteiger partial charge in [0.1, 0.15) is 18.1 Å². The summed E-state index contributed by atoms with van der Waals surface area (Å²) in [6, 6.07) is 2.37. The first-order chi connectivity index (χ1) is 12.5. The lowest BCUT2D eigenvalue weighted by atomic mass is 10.0. The van der Waals surface area contributed by atoms with Crippen molar-refractivity contribution in [2.75, 3.05) is 13.1 Å². The summed E-state index contributed by atoms with van der Waals surface area (Å²) >= 11 is 0. The first-order valence-corrected chi connectivity index (χ1v) is 8.26. The van der Waals surface area contributed by atoms with E-state index in [-0.39, 0.29) is 11.9 Å². The van der Waals surface area contributed by atoms with E-state index in [1.165, 1.54) is 11.0 Å². The first kappa shape index (κ1) is 19.4. The molecule has 1 aromatic carbocycles. The average Bonchev–Trinajstić information content (AvgIpc) is 3.05.